The topological polar surface area (TPSA) is 63.6 Å². The number of carboxylic acid groups (broad SMARTS) is 1. The van der Waals surface area contributed by atoms with Crippen molar-refractivity contribution in [3.05, 3.63) is 35.4 Å². The number of carbonyl (C=O) groups excluding carboxylic acids is 1. The number of ether oxygens (including phenoxy) is 1. The molecule has 0 aromatic heterocycles. The molecule has 0 saturated carbocycles. The molecule has 0 fully saturated rings. The van der Waals surface area contributed by atoms with Crippen molar-refractivity contribution >= 4 is 11.9 Å². The second-order valence-electron chi connectivity index (χ2n) is 3.93. The van der Waals surface area contributed by atoms with Gasteiger partial charge in [0, 0.05) is 0 Å². The van der Waals surface area contributed by atoms with Gasteiger partial charge in [0.15, 0.2) is 0 Å². The molecular formula is C13H16O4. The van der Waals surface area contributed by atoms with E-state index in [-0.39, 0.29) is 5.97 Å². The Labute approximate surface area is 100 Å². The van der Waals surface area contributed by atoms with Gasteiger partial charge in [0.25, 0.3) is 0 Å². The van der Waals surface area contributed by atoms with Gasteiger partial charge in [-0.2, -0.15) is 0 Å². The van der Waals surface area contributed by atoms with E-state index in [9.17, 15) is 9.59 Å². The minimum atomic E-state index is -0.819. The van der Waals surface area contributed by atoms with Gasteiger partial charge in [0.05, 0.1) is 18.6 Å². The molecule has 1 unspecified atom stereocenters. The molecule has 0 aliphatic heterocycles. The molecule has 1 aromatic carbocycles. The number of hydrogen-bond acceptors (Lipinski definition) is 3. The third-order valence-corrected chi connectivity index (χ3v) is 2.69. The number of hydrogen-bond donors (Lipinski definition) is 1. The largest absolute Gasteiger partial charge is 0.481 e. The number of aryl methyl sites for hydroxylation is 1. The molecule has 0 aliphatic rings. The molecule has 0 bridgehead atoms. The fraction of sp³-hybridized carbons (Fsp3) is 0.385. The van der Waals surface area contributed by atoms with Crippen molar-refractivity contribution in [3.8, 4) is 0 Å². The summed E-state index contributed by atoms with van der Waals surface area (Å²) >= 11 is 0. The summed E-state index contributed by atoms with van der Waals surface area (Å²) in [4.78, 5) is 22.2. The van der Waals surface area contributed by atoms with Crippen LogP contribution in [0, 0.1) is 5.92 Å². The van der Waals surface area contributed by atoms with E-state index in [1.165, 1.54) is 7.11 Å². The third-order valence-electron chi connectivity index (χ3n) is 2.69. The maximum Gasteiger partial charge on any atom is 0.338 e. The summed E-state index contributed by atoms with van der Waals surface area (Å²) in [5.41, 5.74) is 1.33. The second kappa shape index (κ2) is 6.03. The van der Waals surface area contributed by atoms with E-state index in [4.69, 9.17) is 5.11 Å². The number of rotatable bonds is 5. The molecule has 1 rings (SSSR count). The summed E-state index contributed by atoms with van der Waals surface area (Å²) < 4.78 is 4.68. The first kappa shape index (κ1) is 13.2. The zero-order valence-corrected chi connectivity index (χ0v) is 9.97. The number of methoxy groups -OCH3 is 1. The predicted octanol–water partition coefficient (Wildman–Crippen LogP) is 2.13. The molecule has 0 saturated heterocycles. The Bertz CT molecular complexity index is 412. The van der Waals surface area contributed by atoms with Gasteiger partial charge in [0.1, 0.15) is 0 Å². The van der Waals surface area contributed by atoms with Gasteiger partial charge in [0.2, 0.25) is 0 Å². The highest BCUT2D eigenvalue weighted by Crippen LogP contribution is 2.15. The van der Waals surface area contributed by atoms with Crippen LogP contribution < -0.4 is 0 Å². The maximum atomic E-state index is 11.5. The van der Waals surface area contributed by atoms with Gasteiger partial charge in [-0.25, -0.2) is 4.79 Å². The minimum absolute atomic E-state index is 0.386. The SMILES string of the molecule is COC(=O)c1ccccc1CCC(C)C(=O)O. The van der Waals surface area contributed by atoms with E-state index < -0.39 is 11.9 Å². The van der Waals surface area contributed by atoms with E-state index in [0.717, 1.165) is 5.56 Å². The first-order chi connectivity index (χ1) is 8.06. The van der Waals surface area contributed by atoms with Crippen LogP contribution in [0.2, 0.25) is 0 Å². The Hall–Kier alpha value is -1.84. The van der Waals surface area contributed by atoms with E-state index in [1.54, 1.807) is 19.1 Å². The van der Waals surface area contributed by atoms with Crippen molar-refractivity contribution in [1.29, 1.82) is 0 Å². The number of carboxylic acids is 1. The van der Waals surface area contributed by atoms with Gasteiger partial charge in [-0.3, -0.25) is 4.79 Å². The molecule has 1 atom stereocenters. The summed E-state index contributed by atoms with van der Waals surface area (Å²) in [5, 5.41) is 8.79. The van der Waals surface area contributed by atoms with Crippen LogP contribution in [0.25, 0.3) is 0 Å². The monoisotopic (exact) mass is 236 g/mol. The molecule has 0 amide bonds. The van der Waals surface area contributed by atoms with Crippen LogP contribution in [0.15, 0.2) is 24.3 Å². The lowest BCUT2D eigenvalue weighted by atomic mass is 9.97. The molecule has 1 N–H and O–H groups in total. The molecule has 92 valence electrons. The quantitative estimate of drug-likeness (QED) is 0.795. The molecule has 0 radical (unpaired) electrons. The highest BCUT2D eigenvalue weighted by atomic mass is 16.5. The van der Waals surface area contributed by atoms with Gasteiger partial charge in [-0.05, 0) is 24.5 Å². The predicted molar refractivity (Wildman–Crippen MR) is 62.9 cm³/mol. The van der Waals surface area contributed by atoms with Crippen molar-refractivity contribution in [3.63, 3.8) is 0 Å². The zero-order chi connectivity index (χ0) is 12.8. The second-order valence-corrected chi connectivity index (χ2v) is 3.93. The zero-order valence-electron chi connectivity index (χ0n) is 9.97. The lowest BCUT2D eigenvalue weighted by Crippen LogP contribution is -2.12. The van der Waals surface area contributed by atoms with Crippen molar-refractivity contribution in [2.24, 2.45) is 5.92 Å². The summed E-state index contributed by atoms with van der Waals surface area (Å²) in [5.74, 6) is -1.62. The number of benzene rings is 1. The maximum absolute atomic E-state index is 11.5. The van der Waals surface area contributed by atoms with Crippen molar-refractivity contribution in [2.75, 3.05) is 7.11 Å². The van der Waals surface area contributed by atoms with Gasteiger partial charge < -0.3 is 9.84 Å². The molecule has 0 aliphatic carbocycles. The van der Waals surface area contributed by atoms with Crippen LogP contribution in [0.4, 0.5) is 0 Å². The lowest BCUT2D eigenvalue weighted by Gasteiger charge is -2.09. The fourth-order valence-electron chi connectivity index (χ4n) is 1.54. The van der Waals surface area contributed by atoms with E-state index in [0.29, 0.717) is 18.4 Å². The molecule has 0 heterocycles. The first-order valence-corrected chi connectivity index (χ1v) is 5.45. The van der Waals surface area contributed by atoms with Gasteiger partial charge in [-0.15, -0.1) is 0 Å². The van der Waals surface area contributed by atoms with Crippen molar-refractivity contribution in [2.45, 2.75) is 19.8 Å². The normalized spacial score (nSPS) is 11.9. The number of carbonyl (C=O) groups is 2. The van der Waals surface area contributed by atoms with E-state index in [1.807, 2.05) is 12.1 Å². The van der Waals surface area contributed by atoms with Crippen LogP contribution in [0.1, 0.15) is 29.3 Å². The smallest absolute Gasteiger partial charge is 0.338 e. The number of esters is 1. The lowest BCUT2D eigenvalue weighted by molar-refractivity contribution is -0.141. The van der Waals surface area contributed by atoms with Crippen molar-refractivity contribution < 1.29 is 19.4 Å². The molecule has 4 heteroatoms. The molecular weight excluding hydrogens is 220 g/mol. The fourth-order valence-corrected chi connectivity index (χ4v) is 1.54. The average Bonchev–Trinajstić information content (AvgIpc) is 2.35. The Morgan fingerprint density at radius 2 is 2.00 bits per heavy atom. The van der Waals surface area contributed by atoms with Crippen LogP contribution in [0.5, 0.6) is 0 Å². The molecule has 1 aromatic rings. The van der Waals surface area contributed by atoms with Gasteiger partial charge in [-0.1, -0.05) is 25.1 Å². The molecule has 17 heavy (non-hydrogen) atoms. The molecule has 0 spiro atoms. The highest BCUT2D eigenvalue weighted by molar-refractivity contribution is 5.91. The summed E-state index contributed by atoms with van der Waals surface area (Å²) in [6, 6.07) is 7.09. The van der Waals surface area contributed by atoms with Crippen LogP contribution in [0.3, 0.4) is 0 Å². The minimum Gasteiger partial charge on any atom is -0.481 e. The third kappa shape index (κ3) is 3.59. The van der Waals surface area contributed by atoms with Gasteiger partial charge >= 0.3 is 11.9 Å². The van der Waals surface area contributed by atoms with Crippen LogP contribution in [-0.2, 0) is 16.0 Å². The summed E-state index contributed by atoms with van der Waals surface area (Å²) in [6.45, 7) is 1.66. The first-order valence-electron chi connectivity index (χ1n) is 5.45. The Morgan fingerprint density at radius 1 is 1.35 bits per heavy atom. The van der Waals surface area contributed by atoms with Crippen LogP contribution in [-0.4, -0.2) is 24.2 Å². The van der Waals surface area contributed by atoms with E-state index in [2.05, 4.69) is 4.74 Å². The summed E-state index contributed by atoms with van der Waals surface area (Å²) in [7, 11) is 1.33. The van der Waals surface area contributed by atoms with Crippen molar-refractivity contribution in [1.82, 2.24) is 0 Å². The Morgan fingerprint density at radius 3 is 2.59 bits per heavy atom. The Balaban J connectivity index is 2.77. The van der Waals surface area contributed by atoms with Crippen LogP contribution >= 0.6 is 0 Å². The van der Waals surface area contributed by atoms with E-state index >= 15 is 0 Å². The number of aliphatic carboxylic acids is 1. The summed E-state index contributed by atoms with van der Waals surface area (Å²) in [6.07, 6.45) is 1.06. The average molecular weight is 236 g/mol. The molecule has 4 nitrogen and oxygen atoms in total. The highest BCUT2D eigenvalue weighted by Gasteiger charge is 2.14. The standard InChI is InChI=1S/C13H16O4/c1-9(12(14)15)7-8-10-5-3-4-6-11(10)13(16)17-2/h3-6,9H,7-8H2,1-2H3,(H,14,15). The Kier molecular flexibility index (Phi) is 4.69.